The highest BCUT2D eigenvalue weighted by Crippen LogP contribution is 2.21. The van der Waals surface area contributed by atoms with Gasteiger partial charge in [0.25, 0.3) is 0 Å². The summed E-state index contributed by atoms with van der Waals surface area (Å²) in [5.41, 5.74) is 6.66. The molecule has 0 fully saturated rings. The van der Waals surface area contributed by atoms with Gasteiger partial charge < -0.3 is 15.7 Å². The molecule has 3 N–H and O–H groups in total. The minimum Gasteiger partial charge on any atom is -0.488 e. The zero-order chi connectivity index (χ0) is 14.5. The minimum absolute atomic E-state index is 0.199. The van der Waals surface area contributed by atoms with Crippen molar-refractivity contribution in [1.29, 1.82) is 0 Å². The van der Waals surface area contributed by atoms with Crippen molar-refractivity contribution in [2.24, 2.45) is 10.9 Å². The highest BCUT2D eigenvalue weighted by Gasteiger charge is 2.10. The van der Waals surface area contributed by atoms with Gasteiger partial charge in [0.1, 0.15) is 18.2 Å². The topological polar surface area (TPSA) is 67.8 Å². The van der Waals surface area contributed by atoms with Gasteiger partial charge >= 0.3 is 0 Å². The van der Waals surface area contributed by atoms with E-state index in [1.807, 2.05) is 24.3 Å². The smallest absolute Gasteiger partial charge is 0.173 e. The van der Waals surface area contributed by atoms with Gasteiger partial charge in [-0.3, -0.25) is 0 Å². The maximum absolute atomic E-state index is 13.2. The van der Waals surface area contributed by atoms with E-state index in [0.29, 0.717) is 12.4 Å². The maximum atomic E-state index is 13.2. The fourth-order valence-corrected chi connectivity index (χ4v) is 1.89. The predicted molar refractivity (Wildman–Crippen MR) is 77.4 cm³/mol. The van der Waals surface area contributed by atoms with Gasteiger partial charge in [-0.25, -0.2) is 4.39 Å². The molecule has 2 rings (SSSR count). The zero-order valence-corrected chi connectivity index (χ0v) is 12.0. The lowest BCUT2D eigenvalue weighted by Gasteiger charge is -2.11. The first kappa shape index (κ1) is 14.3. The molecule has 6 heteroatoms. The number of oxime groups is 1. The number of ether oxygens (including phenoxy) is 1. The van der Waals surface area contributed by atoms with Crippen molar-refractivity contribution in [2.45, 2.75) is 6.61 Å². The van der Waals surface area contributed by atoms with Gasteiger partial charge in [0, 0.05) is 4.47 Å². The van der Waals surface area contributed by atoms with E-state index in [4.69, 9.17) is 15.7 Å². The first-order valence-electron chi connectivity index (χ1n) is 5.75. The van der Waals surface area contributed by atoms with Crippen molar-refractivity contribution in [3.8, 4) is 5.75 Å². The summed E-state index contributed by atoms with van der Waals surface area (Å²) in [6, 6.07) is 11.5. The molecule has 0 aliphatic rings. The number of hydrogen-bond acceptors (Lipinski definition) is 3. The van der Waals surface area contributed by atoms with Crippen molar-refractivity contribution in [1.82, 2.24) is 0 Å². The van der Waals surface area contributed by atoms with Gasteiger partial charge in [-0.15, -0.1) is 0 Å². The van der Waals surface area contributed by atoms with Crippen LogP contribution in [-0.4, -0.2) is 11.0 Å². The fourth-order valence-electron chi connectivity index (χ4n) is 1.62. The molecular formula is C14H12BrFN2O2. The van der Waals surface area contributed by atoms with Crippen LogP contribution in [0.5, 0.6) is 5.75 Å². The van der Waals surface area contributed by atoms with E-state index < -0.39 is 5.82 Å². The summed E-state index contributed by atoms with van der Waals surface area (Å²) in [6.45, 7) is 0.296. The summed E-state index contributed by atoms with van der Waals surface area (Å²) in [7, 11) is 0. The van der Waals surface area contributed by atoms with Crippen LogP contribution in [0.3, 0.4) is 0 Å². The Balaban J connectivity index is 2.19. The second-order valence-corrected chi connectivity index (χ2v) is 4.96. The van der Waals surface area contributed by atoms with Crippen LogP contribution in [-0.2, 0) is 6.61 Å². The molecule has 0 radical (unpaired) electrons. The van der Waals surface area contributed by atoms with Crippen molar-refractivity contribution in [2.75, 3.05) is 0 Å². The SMILES string of the molecule is N/C(=N/O)c1cc(F)ccc1OCc1ccc(Br)cc1. The minimum atomic E-state index is -0.484. The van der Waals surface area contributed by atoms with Crippen LogP contribution in [0.15, 0.2) is 52.1 Å². The number of nitrogens with zero attached hydrogens (tertiary/aromatic N) is 1. The van der Waals surface area contributed by atoms with Crippen LogP contribution in [0, 0.1) is 5.82 Å². The van der Waals surface area contributed by atoms with Crippen LogP contribution in [0.1, 0.15) is 11.1 Å². The van der Waals surface area contributed by atoms with Crippen LogP contribution in [0.4, 0.5) is 4.39 Å². The molecule has 0 saturated heterocycles. The second kappa shape index (κ2) is 6.38. The molecule has 0 heterocycles. The molecule has 0 saturated carbocycles. The number of hydrogen-bond donors (Lipinski definition) is 2. The Kier molecular flexibility index (Phi) is 4.57. The molecule has 0 amide bonds. The highest BCUT2D eigenvalue weighted by atomic mass is 79.9. The summed E-state index contributed by atoms with van der Waals surface area (Å²) >= 11 is 3.35. The van der Waals surface area contributed by atoms with Crippen LogP contribution in [0.2, 0.25) is 0 Å². The van der Waals surface area contributed by atoms with E-state index >= 15 is 0 Å². The lowest BCUT2D eigenvalue weighted by molar-refractivity contribution is 0.302. The summed E-state index contributed by atoms with van der Waals surface area (Å²) < 4.78 is 19.8. The number of amidine groups is 1. The number of halogens is 2. The summed E-state index contributed by atoms with van der Waals surface area (Å²) in [6.07, 6.45) is 0. The van der Waals surface area contributed by atoms with Crippen molar-refractivity contribution >= 4 is 21.8 Å². The van der Waals surface area contributed by atoms with E-state index in [2.05, 4.69) is 21.1 Å². The van der Waals surface area contributed by atoms with Crippen molar-refractivity contribution in [3.05, 3.63) is 63.9 Å². The molecule has 0 bridgehead atoms. The average Bonchev–Trinajstić information content (AvgIpc) is 2.46. The molecule has 0 aliphatic heterocycles. The molecular weight excluding hydrogens is 327 g/mol. The standard InChI is InChI=1S/C14H12BrFN2O2/c15-10-3-1-9(2-4-10)8-20-13-6-5-11(16)7-12(13)14(17)18-19/h1-7,19H,8H2,(H2,17,18). The average molecular weight is 339 g/mol. The molecule has 2 aromatic carbocycles. The Morgan fingerprint density at radius 2 is 1.95 bits per heavy atom. The van der Waals surface area contributed by atoms with Gasteiger partial charge in [-0.2, -0.15) is 0 Å². The Morgan fingerprint density at radius 1 is 1.25 bits per heavy atom. The third-order valence-electron chi connectivity index (χ3n) is 2.63. The number of nitrogens with two attached hydrogens (primary N) is 1. The van der Waals surface area contributed by atoms with Crippen LogP contribution >= 0.6 is 15.9 Å². The fraction of sp³-hybridized carbons (Fsp3) is 0.0714. The van der Waals surface area contributed by atoms with Gasteiger partial charge in [-0.05, 0) is 35.9 Å². The van der Waals surface area contributed by atoms with E-state index in [1.54, 1.807) is 0 Å². The Labute approximate surface area is 123 Å². The van der Waals surface area contributed by atoms with E-state index in [-0.39, 0.29) is 11.4 Å². The van der Waals surface area contributed by atoms with Gasteiger partial charge in [-0.1, -0.05) is 33.2 Å². The van der Waals surface area contributed by atoms with E-state index in [0.717, 1.165) is 16.1 Å². The summed E-state index contributed by atoms with van der Waals surface area (Å²) in [4.78, 5) is 0. The lowest BCUT2D eigenvalue weighted by Crippen LogP contribution is -2.15. The molecule has 2 aromatic rings. The molecule has 104 valence electrons. The largest absolute Gasteiger partial charge is 0.488 e. The van der Waals surface area contributed by atoms with Crippen molar-refractivity contribution < 1.29 is 14.3 Å². The van der Waals surface area contributed by atoms with Crippen molar-refractivity contribution in [3.63, 3.8) is 0 Å². The molecule has 0 atom stereocenters. The van der Waals surface area contributed by atoms with Gasteiger partial charge in [0.2, 0.25) is 0 Å². The monoisotopic (exact) mass is 338 g/mol. The Bertz CT molecular complexity index is 630. The third kappa shape index (κ3) is 3.48. The third-order valence-corrected chi connectivity index (χ3v) is 3.16. The maximum Gasteiger partial charge on any atom is 0.173 e. The predicted octanol–water partition coefficient (Wildman–Crippen LogP) is 3.26. The Morgan fingerprint density at radius 3 is 2.60 bits per heavy atom. The van der Waals surface area contributed by atoms with Gasteiger partial charge in [0.15, 0.2) is 5.84 Å². The second-order valence-electron chi connectivity index (χ2n) is 4.04. The van der Waals surface area contributed by atoms with E-state index in [9.17, 15) is 4.39 Å². The normalized spacial score (nSPS) is 11.4. The summed E-state index contributed by atoms with van der Waals surface area (Å²) in [5.74, 6) is -0.331. The van der Waals surface area contributed by atoms with Gasteiger partial charge in [0.05, 0.1) is 5.56 Å². The molecule has 0 spiro atoms. The Hall–Kier alpha value is -2.08. The first-order valence-corrected chi connectivity index (χ1v) is 6.54. The molecule has 0 unspecified atom stereocenters. The summed E-state index contributed by atoms with van der Waals surface area (Å²) in [5, 5.41) is 11.6. The van der Waals surface area contributed by atoms with Crippen LogP contribution < -0.4 is 10.5 Å². The number of benzene rings is 2. The zero-order valence-electron chi connectivity index (χ0n) is 10.4. The highest BCUT2D eigenvalue weighted by molar-refractivity contribution is 9.10. The first-order chi connectivity index (χ1) is 9.60. The molecule has 20 heavy (non-hydrogen) atoms. The number of rotatable bonds is 4. The van der Waals surface area contributed by atoms with Crippen LogP contribution in [0.25, 0.3) is 0 Å². The quantitative estimate of drug-likeness (QED) is 0.389. The molecule has 0 aliphatic carbocycles. The van der Waals surface area contributed by atoms with E-state index in [1.165, 1.54) is 12.1 Å². The molecule has 0 aromatic heterocycles. The lowest BCUT2D eigenvalue weighted by atomic mass is 10.1. The molecule has 4 nitrogen and oxygen atoms in total.